The van der Waals surface area contributed by atoms with E-state index in [9.17, 15) is 8.60 Å². The van der Waals surface area contributed by atoms with Crippen LogP contribution in [0.4, 0.5) is 4.39 Å². The van der Waals surface area contributed by atoms with E-state index < -0.39 is 16.6 Å². The first kappa shape index (κ1) is 13.5. The fourth-order valence-electron chi connectivity index (χ4n) is 1.57. The highest BCUT2D eigenvalue weighted by molar-refractivity contribution is 7.84. The molecule has 0 saturated carbocycles. The minimum Gasteiger partial charge on any atom is -0.313 e. The van der Waals surface area contributed by atoms with Crippen LogP contribution in [0.25, 0.3) is 0 Å². The number of nitrogens with zero attached hydrogens (tertiary/aromatic N) is 2. The van der Waals surface area contributed by atoms with Crippen LogP contribution in [0.1, 0.15) is 12.8 Å². The third-order valence-electron chi connectivity index (χ3n) is 2.32. The summed E-state index contributed by atoms with van der Waals surface area (Å²) in [7, 11) is -1.23. The Morgan fingerprint density at radius 2 is 2.19 bits per heavy atom. The fraction of sp³-hybridized carbons (Fsp3) is 0.556. The summed E-state index contributed by atoms with van der Waals surface area (Å²) < 4.78 is 24.3. The van der Waals surface area contributed by atoms with Gasteiger partial charge in [0.15, 0.2) is 5.82 Å². The molecule has 1 fully saturated rings. The van der Waals surface area contributed by atoms with Gasteiger partial charge in [-0.05, 0) is 19.4 Å². The maximum atomic E-state index is 12.5. The second-order valence-corrected chi connectivity index (χ2v) is 4.88. The fourth-order valence-corrected chi connectivity index (χ4v) is 2.71. The molecule has 0 radical (unpaired) electrons. The Labute approximate surface area is 102 Å². The lowest BCUT2D eigenvalue weighted by molar-refractivity contribution is 0.600. The van der Waals surface area contributed by atoms with Crippen LogP contribution in [-0.2, 0) is 10.8 Å². The van der Waals surface area contributed by atoms with Crippen molar-refractivity contribution in [1.29, 1.82) is 0 Å². The molecule has 1 aliphatic rings. The van der Waals surface area contributed by atoms with Gasteiger partial charge in [0.05, 0.1) is 23.2 Å². The molecule has 16 heavy (non-hydrogen) atoms. The molecule has 0 spiro atoms. The van der Waals surface area contributed by atoms with E-state index in [1.807, 2.05) is 0 Å². The van der Waals surface area contributed by atoms with Crippen LogP contribution in [0, 0.1) is 5.82 Å². The third kappa shape index (κ3) is 3.47. The summed E-state index contributed by atoms with van der Waals surface area (Å²) >= 11 is 0. The lowest BCUT2D eigenvalue weighted by Gasteiger charge is -2.07. The molecule has 2 heterocycles. The van der Waals surface area contributed by atoms with Crippen LogP contribution in [-0.4, -0.2) is 32.5 Å². The van der Waals surface area contributed by atoms with E-state index in [2.05, 4.69) is 15.3 Å². The van der Waals surface area contributed by atoms with E-state index in [-0.39, 0.29) is 23.6 Å². The quantitative estimate of drug-likeness (QED) is 0.825. The average molecular weight is 266 g/mol. The van der Waals surface area contributed by atoms with Crippen molar-refractivity contribution in [1.82, 2.24) is 15.3 Å². The second-order valence-electron chi connectivity index (χ2n) is 3.49. The predicted octanol–water partition coefficient (Wildman–Crippen LogP) is 0.897. The van der Waals surface area contributed by atoms with Crippen molar-refractivity contribution in [2.45, 2.75) is 24.0 Å². The highest BCUT2D eigenvalue weighted by Crippen LogP contribution is 2.09. The molecule has 0 aromatic carbocycles. The zero-order valence-corrected chi connectivity index (χ0v) is 10.2. The molecule has 0 amide bonds. The van der Waals surface area contributed by atoms with Gasteiger partial charge in [0, 0.05) is 11.8 Å². The first-order valence-electron chi connectivity index (χ1n) is 4.85. The van der Waals surface area contributed by atoms with E-state index in [0.717, 1.165) is 31.8 Å². The number of hydrogen-bond acceptors (Lipinski definition) is 4. The highest BCUT2D eigenvalue weighted by atomic mass is 35.5. The lowest BCUT2D eigenvalue weighted by atomic mass is 10.3. The lowest BCUT2D eigenvalue weighted by Crippen LogP contribution is -2.28. The molecule has 4 nitrogen and oxygen atoms in total. The Morgan fingerprint density at radius 3 is 2.75 bits per heavy atom. The standard InChI is InChI=1S/C9H12FN3OS.ClH/c10-7-4-12-9(13-5-7)15(14)6-8-2-1-3-11-8;/h4-5,8,11H,1-3,6H2;1H. The van der Waals surface area contributed by atoms with Gasteiger partial charge in [0.2, 0.25) is 5.16 Å². The molecule has 1 saturated heterocycles. The Hall–Kier alpha value is -0.590. The Morgan fingerprint density at radius 1 is 1.50 bits per heavy atom. The van der Waals surface area contributed by atoms with Crippen molar-refractivity contribution in [3.05, 3.63) is 18.2 Å². The van der Waals surface area contributed by atoms with E-state index in [1.165, 1.54) is 0 Å². The molecule has 2 atom stereocenters. The van der Waals surface area contributed by atoms with Crippen molar-refractivity contribution in [2.24, 2.45) is 0 Å². The van der Waals surface area contributed by atoms with Crippen molar-refractivity contribution in [2.75, 3.05) is 12.3 Å². The van der Waals surface area contributed by atoms with Gasteiger partial charge in [-0.3, -0.25) is 4.21 Å². The van der Waals surface area contributed by atoms with Crippen LogP contribution in [0.5, 0.6) is 0 Å². The molecule has 0 aliphatic carbocycles. The van der Waals surface area contributed by atoms with Crippen molar-refractivity contribution in [3.63, 3.8) is 0 Å². The summed E-state index contributed by atoms with van der Waals surface area (Å²) in [5.41, 5.74) is 0. The molecule has 1 N–H and O–H groups in total. The smallest absolute Gasteiger partial charge is 0.218 e. The topological polar surface area (TPSA) is 54.9 Å². The third-order valence-corrected chi connectivity index (χ3v) is 3.64. The maximum absolute atomic E-state index is 12.5. The summed E-state index contributed by atoms with van der Waals surface area (Å²) in [6.07, 6.45) is 4.24. The number of nitrogens with one attached hydrogen (secondary N) is 1. The monoisotopic (exact) mass is 265 g/mol. The minimum absolute atomic E-state index is 0. The van der Waals surface area contributed by atoms with E-state index in [0.29, 0.717) is 5.75 Å². The Bertz CT molecular complexity index is 356. The van der Waals surface area contributed by atoms with Gasteiger partial charge in [-0.25, -0.2) is 14.4 Å². The van der Waals surface area contributed by atoms with Crippen LogP contribution in [0.15, 0.2) is 17.6 Å². The van der Waals surface area contributed by atoms with Crippen LogP contribution < -0.4 is 5.32 Å². The van der Waals surface area contributed by atoms with Gasteiger partial charge in [-0.1, -0.05) is 0 Å². The van der Waals surface area contributed by atoms with Gasteiger partial charge in [0.25, 0.3) is 0 Å². The molecule has 1 aliphatic heterocycles. The summed E-state index contributed by atoms with van der Waals surface area (Å²) in [6.45, 7) is 0.978. The molecule has 2 rings (SSSR count). The van der Waals surface area contributed by atoms with Crippen molar-refractivity contribution >= 4 is 23.2 Å². The minimum atomic E-state index is -1.23. The summed E-state index contributed by atoms with van der Waals surface area (Å²) in [5, 5.41) is 3.46. The summed E-state index contributed by atoms with van der Waals surface area (Å²) in [4.78, 5) is 7.41. The SMILES string of the molecule is Cl.O=S(CC1CCCN1)c1ncc(F)cn1. The molecular formula is C9H13ClFN3OS. The molecule has 1 aromatic rings. The maximum Gasteiger partial charge on any atom is 0.218 e. The number of halogens is 2. The number of hydrogen-bond donors (Lipinski definition) is 1. The Balaban J connectivity index is 0.00000128. The average Bonchev–Trinajstić information content (AvgIpc) is 2.71. The Kier molecular flexibility index (Phi) is 5.24. The highest BCUT2D eigenvalue weighted by Gasteiger charge is 2.18. The van der Waals surface area contributed by atoms with Gasteiger partial charge in [0.1, 0.15) is 0 Å². The summed E-state index contributed by atoms with van der Waals surface area (Å²) in [5.74, 6) is 0.000719. The molecule has 2 unspecified atom stereocenters. The predicted molar refractivity (Wildman–Crippen MR) is 61.5 cm³/mol. The first-order chi connectivity index (χ1) is 7.25. The largest absolute Gasteiger partial charge is 0.313 e. The van der Waals surface area contributed by atoms with Crippen molar-refractivity contribution in [3.8, 4) is 0 Å². The zero-order valence-electron chi connectivity index (χ0n) is 8.56. The van der Waals surface area contributed by atoms with Gasteiger partial charge in [-0.2, -0.15) is 0 Å². The van der Waals surface area contributed by atoms with E-state index >= 15 is 0 Å². The molecule has 0 bridgehead atoms. The zero-order chi connectivity index (χ0) is 10.7. The molecule has 7 heteroatoms. The van der Waals surface area contributed by atoms with Crippen LogP contribution >= 0.6 is 12.4 Å². The summed E-state index contributed by atoms with van der Waals surface area (Å²) in [6, 6.07) is 0.277. The first-order valence-corrected chi connectivity index (χ1v) is 6.17. The van der Waals surface area contributed by atoms with E-state index in [1.54, 1.807) is 0 Å². The number of aromatic nitrogens is 2. The van der Waals surface area contributed by atoms with Crippen LogP contribution in [0.2, 0.25) is 0 Å². The van der Waals surface area contributed by atoms with Crippen molar-refractivity contribution < 1.29 is 8.60 Å². The van der Waals surface area contributed by atoms with Gasteiger partial charge < -0.3 is 5.32 Å². The normalized spacial score (nSPS) is 21.4. The molecular weight excluding hydrogens is 253 g/mol. The molecule has 1 aromatic heterocycles. The van der Waals surface area contributed by atoms with Gasteiger partial charge in [-0.15, -0.1) is 12.4 Å². The number of rotatable bonds is 3. The van der Waals surface area contributed by atoms with Crippen LogP contribution in [0.3, 0.4) is 0 Å². The molecule has 90 valence electrons. The van der Waals surface area contributed by atoms with Gasteiger partial charge >= 0.3 is 0 Å². The van der Waals surface area contributed by atoms with E-state index in [4.69, 9.17) is 0 Å². The second kappa shape index (κ2) is 6.22.